The molecule has 2 N–H and O–H groups in total. The van der Waals surface area contributed by atoms with Crippen LogP contribution in [-0.2, 0) is 14.8 Å². The molecule has 9 nitrogen and oxygen atoms in total. The maximum absolute atomic E-state index is 13.1. The van der Waals surface area contributed by atoms with Crippen molar-refractivity contribution in [2.75, 3.05) is 36.8 Å². The Balaban J connectivity index is 1.42. The molecule has 0 saturated carbocycles. The number of nitrogens with zero attached hydrogens (tertiary/aromatic N) is 2. The van der Waals surface area contributed by atoms with Gasteiger partial charge < -0.3 is 20.3 Å². The second-order valence-corrected chi connectivity index (χ2v) is 9.48. The van der Waals surface area contributed by atoms with E-state index in [1.165, 1.54) is 16.4 Å². The molecule has 1 saturated heterocycles. The number of hydrogen-bond donors (Lipinski definition) is 2. The molecule has 2 aliphatic rings. The van der Waals surface area contributed by atoms with Crippen molar-refractivity contribution in [3.63, 3.8) is 0 Å². The maximum atomic E-state index is 13.1. The number of carbonyl (C=O) groups excluding carboxylic acids is 2. The molecule has 2 aliphatic heterocycles. The van der Waals surface area contributed by atoms with E-state index in [1.54, 1.807) is 17.9 Å². The minimum atomic E-state index is -3.77. The smallest absolute Gasteiger partial charge is 0.321 e. The number of anilines is 2. The summed E-state index contributed by atoms with van der Waals surface area (Å²) >= 11 is 0. The van der Waals surface area contributed by atoms with E-state index in [1.807, 2.05) is 31.2 Å². The van der Waals surface area contributed by atoms with Crippen LogP contribution in [0.5, 0.6) is 5.75 Å². The van der Waals surface area contributed by atoms with E-state index in [-0.39, 0.29) is 43.0 Å². The lowest BCUT2D eigenvalue weighted by Gasteiger charge is -2.34. The van der Waals surface area contributed by atoms with Gasteiger partial charge in [0, 0.05) is 31.9 Å². The van der Waals surface area contributed by atoms with Gasteiger partial charge in [-0.15, -0.1) is 0 Å². The summed E-state index contributed by atoms with van der Waals surface area (Å²) in [6.07, 6.45) is -0.631. The van der Waals surface area contributed by atoms with Crippen molar-refractivity contribution >= 4 is 33.3 Å². The molecule has 2 heterocycles. The Morgan fingerprint density at radius 2 is 1.84 bits per heavy atom. The summed E-state index contributed by atoms with van der Waals surface area (Å²) in [4.78, 5) is 26.1. The lowest BCUT2D eigenvalue weighted by atomic mass is 10.2. The molecule has 0 unspecified atom stereocenters. The number of nitrogens with one attached hydrogen (secondary N) is 2. The van der Waals surface area contributed by atoms with Crippen molar-refractivity contribution < 1.29 is 22.7 Å². The van der Waals surface area contributed by atoms with Crippen LogP contribution >= 0.6 is 0 Å². The van der Waals surface area contributed by atoms with E-state index in [0.29, 0.717) is 11.4 Å². The first kappa shape index (κ1) is 21.1. The lowest BCUT2D eigenvalue weighted by molar-refractivity contribution is -0.122. The number of aryl methyl sites for hydroxylation is 1. The van der Waals surface area contributed by atoms with Gasteiger partial charge >= 0.3 is 6.03 Å². The third kappa shape index (κ3) is 4.21. The normalized spacial score (nSPS) is 19.2. The predicted molar refractivity (Wildman–Crippen MR) is 116 cm³/mol. The fourth-order valence-corrected chi connectivity index (χ4v) is 4.99. The van der Waals surface area contributed by atoms with Crippen LogP contribution in [0.3, 0.4) is 0 Å². The molecule has 0 bridgehead atoms. The Morgan fingerprint density at radius 3 is 2.55 bits per heavy atom. The lowest BCUT2D eigenvalue weighted by Crippen LogP contribution is -2.51. The summed E-state index contributed by atoms with van der Waals surface area (Å²) in [5.41, 5.74) is 2.02. The molecule has 10 heteroatoms. The highest BCUT2D eigenvalue weighted by Gasteiger charge is 2.32. The molecule has 1 fully saturated rings. The van der Waals surface area contributed by atoms with Crippen LogP contribution in [0.4, 0.5) is 16.2 Å². The largest absolute Gasteiger partial charge is 0.479 e. The molecule has 164 valence electrons. The average Bonchev–Trinajstić information content (AvgIpc) is 2.76. The number of piperazine rings is 1. The second-order valence-electron chi connectivity index (χ2n) is 7.54. The number of amides is 3. The van der Waals surface area contributed by atoms with Gasteiger partial charge in [0.05, 0.1) is 10.6 Å². The Morgan fingerprint density at radius 1 is 1.13 bits per heavy atom. The van der Waals surface area contributed by atoms with Crippen LogP contribution in [0.15, 0.2) is 47.4 Å². The topological polar surface area (TPSA) is 108 Å². The average molecular weight is 445 g/mol. The Labute approximate surface area is 181 Å². The molecular formula is C21H24N4O5S. The fraction of sp³-hybridized carbons (Fsp3) is 0.333. The van der Waals surface area contributed by atoms with Crippen molar-refractivity contribution in [3.8, 4) is 5.75 Å². The zero-order valence-electron chi connectivity index (χ0n) is 17.3. The van der Waals surface area contributed by atoms with Gasteiger partial charge in [0.1, 0.15) is 5.75 Å². The number of fused-ring (bicyclic) bond motifs is 1. The molecule has 2 aromatic rings. The monoisotopic (exact) mass is 444 g/mol. The minimum absolute atomic E-state index is 0.0718. The molecular weight excluding hydrogens is 420 g/mol. The Bertz CT molecular complexity index is 1130. The van der Waals surface area contributed by atoms with Crippen LogP contribution in [0.1, 0.15) is 12.5 Å². The summed E-state index contributed by atoms with van der Waals surface area (Å²) in [6, 6.07) is 11.6. The van der Waals surface area contributed by atoms with Crippen LogP contribution in [-0.4, -0.2) is 61.8 Å². The molecule has 4 rings (SSSR count). The van der Waals surface area contributed by atoms with Gasteiger partial charge in [-0.05, 0) is 43.7 Å². The molecule has 1 atom stereocenters. The van der Waals surface area contributed by atoms with Crippen molar-refractivity contribution in [3.05, 3.63) is 48.0 Å². The number of benzene rings is 2. The number of sulfonamides is 1. The van der Waals surface area contributed by atoms with Crippen LogP contribution in [0.2, 0.25) is 0 Å². The highest BCUT2D eigenvalue weighted by molar-refractivity contribution is 7.89. The zero-order chi connectivity index (χ0) is 22.2. The molecule has 0 spiro atoms. The van der Waals surface area contributed by atoms with Crippen molar-refractivity contribution in [2.24, 2.45) is 0 Å². The molecule has 31 heavy (non-hydrogen) atoms. The maximum Gasteiger partial charge on any atom is 0.321 e. The van der Waals surface area contributed by atoms with Crippen LogP contribution in [0.25, 0.3) is 0 Å². The predicted octanol–water partition coefficient (Wildman–Crippen LogP) is 2.25. The van der Waals surface area contributed by atoms with E-state index in [9.17, 15) is 18.0 Å². The molecule has 0 radical (unpaired) electrons. The van der Waals surface area contributed by atoms with Gasteiger partial charge in [-0.1, -0.05) is 18.2 Å². The van der Waals surface area contributed by atoms with Crippen LogP contribution in [0, 0.1) is 6.92 Å². The SMILES string of the molecule is Cc1ccccc1NC(=O)N1CCN(S(=O)(=O)c2ccc3c(c2)NC(=O)[C@H](C)O3)CC1. The van der Waals surface area contributed by atoms with Gasteiger partial charge in [-0.3, -0.25) is 4.79 Å². The van der Waals surface area contributed by atoms with Gasteiger partial charge in [-0.2, -0.15) is 4.31 Å². The summed E-state index contributed by atoms with van der Waals surface area (Å²) in [6.45, 7) is 4.45. The molecule has 2 aromatic carbocycles. The van der Waals surface area contributed by atoms with Crippen molar-refractivity contribution in [1.29, 1.82) is 0 Å². The standard InChI is InChI=1S/C21H24N4O5S/c1-14-5-3-4-6-17(14)23-21(27)24-9-11-25(12-10-24)31(28,29)16-7-8-19-18(13-16)22-20(26)15(2)30-19/h3-8,13,15H,9-12H2,1-2H3,(H,22,26)(H,23,27)/t15-/m0/s1. The summed E-state index contributed by atoms with van der Waals surface area (Å²) in [7, 11) is -3.77. The molecule has 3 amide bonds. The first-order chi connectivity index (χ1) is 14.8. The van der Waals surface area contributed by atoms with Gasteiger partial charge in [0.2, 0.25) is 10.0 Å². The van der Waals surface area contributed by atoms with E-state index >= 15 is 0 Å². The van der Waals surface area contributed by atoms with Gasteiger partial charge in [-0.25, -0.2) is 13.2 Å². The Kier molecular flexibility index (Phi) is 5.59. The fourth-order valence-electron chi connectivity index (χ4n) is 3.54. The summed E-state index contributed by atoms with van der Waals surface area (Å²) in [5, 5.41) is 5.54. The summed E-state index contributed by atoms with van der Waals surface area (Å²) in [5.74, 6) is 0.110. The van der Waals surface area contributed by atoms with E-state index in [4.69, 9.17) is 4.74 Å². The van der Waals surface area contributed by atoms with Gasteiger partial charge in [0.25, 0.3) is 5.91 Å². The third-order valence-corrected chi connectivity index (χ3v) is 7.33. The highest BCUT2D eigenvalue weighted by atomic mass is 32.2. The van der Waals surface area contributed by atoms with Gasteiger partial charge in [0.15, 0.2) is 6.10 Å². The number of urea groups is 1. The quantitative estimate of drug-likeness (QED) is 0.755. The number of rotatable bonds is 3. The minimum Gasteiger partial charge on any atom is -0.479 e. The second kappa shape index (κ2) is 8.20. The van der Waals surface area contributed by atoms with E-state index in [0.717, 1.165) is 11.3 Å². The Hall–Kier alpha value is -3.11. The summed E-state index contributed by atoms with van der Waals surface area (Å²) < 4.78 is 33.0. The first-order valence-corrected chi connectivity index (χ1v) is 11.4. The first-order valence-electron chi connectivity index (χ1n) is 9.99. The van der Waals surface area contributed by atoms with Crippen molar-refractivity contribution in [2.45, 2.75) is 24.8 Å². The molecule has 0 aliphatic carbocycles. The number of para-hydroxylation sites is 1. The number of hydrogen-bond acceptors (Lipinski definition) is 5. The number of carbonyl (C=O) groups is 2. The highest BCUT2D eigenvalue weighted by Crippen LogP contribution is 2.33. The van der Waals surface area contributed by atoms with E-state index in [2.05, 4.69) is 10.6 Å². The number of ether oxygens (including phenoxy) is 1. The zero-order valence-corrected chi connectivity index (χ0v) is 18.1. The van der Waals surface area contributed by atoms with Crippen LogP contribution < -0.4 is 15.4 Å². The third-order valence-electron chi connectivity index (χ3n) is 5.43. The van der Waals surface area contributed by atoms with E-state index < -0.39 is 16.1 Å². The molecule has 0 aromatic heterocycles. The van der Waals surface area contributed by atoms with Crippen molar-refractivity contribution in [1.82, 2.24) is 9.21 Å².